The van der Waals surface area contributed by atoms with Gasteiger partial charge in [0, 0.05) is 52.5 Å². The second kappa shape index (κ2) is 7.40. The molecule has 0 radical (unpaired) electrons. The monoisotopic (exact) mass is 462 g/mol. The third-order valence-corrected chi connectivity index (χ3v) is 9.62. The average molecular weight is 463 g/mol. The summed E-state index contributed by atoms with van der Waals surface area (Å²) in [5.74, 6) is 0.130. The molecule has 162 valence electrons. The molecule has 2 aliphatic rings. The second-order valence-corrected chi connectivity index (χ2v) is 11.7. The number of thiophene rings is 1. The van der Waals surface area contributed by atoms with Gasteiger partial charge in [0.1, 0.15) is 0 Å². The number of sulfonamides is 1. The summed E-state index contributed by atoms with van der Waals surface area (Å²) >= 11 is 1.72. The Hall–Kier alpha value is -2.74. The topological polar surface area (TPSA) is 59.4 Å². The Morgan fingerprint density at radius 2 is 1.66 bits per heavy atom. The zero-order valence-electron chi connectivity index (χ0n) is 17.3. The quantitative estimate of drug-likeness (QED) is 0.449. The van der Waals surface area contributed by atoms with Gasteiger partial charge in [0.15, 0.2) is 0 Å². The van der Waals surface area contributed by atoms with E-state index < -0.39 is 10.0 Å². The van der Waals surface area contributed by atoms with Gasteiger partial charge in [-0.3, -0.25) is 4.79 Å². The Morgan fingerprint density at radius 3 is 2.47 bits per heavy atom. The summed E-state index contributed by atoms with van der Waals surface area (Å²) in [6.07, 6.45) is 0.905. The van der Waals surface area contributed by atoms with E-state index in [-0.39, 0.29) is 17.4 Å². The summed E-state index contributed by atoms with van der Waals surface area (Å²) in [5.41, 5.74) is 2.03. The third-order valence-electron chi connectivity index (χ3n) is 6.63. The van der Waals surface area contributed by atoms with E-state index in [0.717, 1.165) is 22.6 Å². The first-order valence-electron chi connectivity index (χ1n) is 10.8. The van der Waals surface area contributed by atoms with Gasteiger partial charge < -0.3 is 4.57 Å². The molecule has 0 saturated carbocycles. The van der Waals surface area contributed by atoms with Crippen molar-refractivity contribution in [3.8, 4) is 10.4 Å². The van der Waals surface area contributed by atoms with Crippen LogP contribution in [0.15, 0.2) is 82.5 Å². The normalized spacial score (nSPS) is 20.9. The number of piperidine rings is 1. The molecule has 0 amide bonds. The largest absolute Gasteiger partial charge is 0.311 e. The standard InChI is InChI=1S/C25H22N2O3S2/c28-24-11-10-21(23-13-18-6-4-5-9-22(18)31-23)25-19-12-17(15-27(24)25)14-26(16-19)32(29,30)20-7-2-1-3-8-20/h1-11,13,17,19H,12,14-16H2/t17-,19+/m0/s1. The Balaban J connectivity index is 1.45. The van der Waals surface area contributed by atoms with Gasteiger partial charge in [-0.2, -0.15) is 4.31 Å². The van der Waals surface area contributed by atoms with Crippen LogP contribution in [0.5, 0.6) is 0 Å². The highest BCUT2D eigenvalue weighted by Gasteiger charge is 2.40. The molecule has 1 saturated heterocycles. The lowest BCUT2D eigenvalue weighted by Crippen LogP contribution is -2.49. The van der Waals surface area contributed by atoms with E-state index in [0.29, 0.717) is 24.5 Å². The molecule has 5 nitrogen and oxygen atoms in total. The summed E-state index contributed by atoms with van der Waals surface area (Å²) < 4.78 is 31.4. The summed E-state index contributed by atoms with van der Waals surface area (Å²) in [4.78, 5) is 14.2. The van der Waals surface area contributed by atoms with E-state index in [1.807, 2.05) is 28.8 Å². The number of aromatic nitrogens is 1. The van der Waals surface area contributed by atoms with Gasteiger partial charge in [-0.15, -0.1) is 11.3 Å². The van der Waals surface area contributed by atoms with Crippen LogP contribution in [0.3, 0.4) is 0 Å². The highest BCUT2D eigenvalue weighted by molar-refractivity contribution is 7.89. The molecule has 4 heterocycles. The molecule has 0 N–H and O–H groups in total. The van der Waals surface area contributed by atoms with Crippen LogP contribution in [0.2, 0.25) is 0 Å². The molecule has 32 heavy (non-hydrogen) atoms. The number of rotatable bonds is 3. The van der Waals surface area contributed by atoms with Crippen molar-refractivity contribution < 1.29 is 8.42 Å². The third kappa shape index (κ3) is 3.15. The van der Waals surface area contributed by atoms with Crippen LogP contribution < -0.4 is 5.56 Å². The van der Waals surface area contributed by atoms with Crippen LogP contribution in [-0.4, -0.2) is 30.4 Å². The summed E-state index contributed by atoms with van der Waals surface area (Å²) in [6.45, 7) is 1.41. The molecule has 0 spiro atoms. The first-order valence-corrected chi connectivity index (χ1v) is 13.0. The molecule has 2 atom stereocenters. The Kier molecular flexibility index (Phi) is 4.61. The molecule has 7 heteroatoms. The van der Waals surface area contributed by atoms with E-state index in [1.165, 1.54) is 10.1 Å². The van der Waals surface area contributed by atoms with Crippen molar-refractivity contribution >= 4 is 31.4 Å². The fourth-order valence-electron chi connectivity index (χ4n) is 5.23. The van der Waals surface area contributed by atoms with Crippen LogP contribution in [-0.2, 0) is 16.6 Å². The van der Waals surface area contributed by atoms with Crippen LogP contribution in [0.1, 0.15) is 18.0 Å². The van der Waals surface area contributed by atoms with Gasteiger partial charge in [-0.25, -0.2) is 8.42 Å². The van der Waals surface area contributed by atoms with Gasteiger partial charge in [-0.1, -0.05) is 36.4 Å². The Labute approximate surface area is 190 Å². The fraction of sp³-hybridized carbons (Fsp3) is 0.240. The summed E-state index contributed by atoms with van der Waals surface area (Å²) in [5, 5.41) is 1.18. The number of benzene rings is 2. The molecular weight excluding hydrogens is 440 g/mol. The molecule has 4 aromatic rings. The van der Waals surface area contributed by atoms with Gasteiger partial charge in [0.05, 0.1) is 4.90 Å². The molecule has 2 aromatic carbocycles. The Bertz CT molecular complexity index is 1460. The van der Waals surface area contributed by atoms with E-state index in [2.05, 4.69) is 18.2 Å². The number of nitrogens with zero attached hydrogens (tertiary/aromatic N) is 2. The lowest BCUT2D eigenvalue weighted by molar-refractivity contribution is 0.187. The molecule has 1 fully saturated rings. The number of hydrogen-bond acceptors (Lipinski definition) is 4. The maximum absolute atomic E-state index is 13.3. The SMILES string of the molecule is O=c1ccc(-c2cc3ccccc3s2)c2n1C[C@H]1C[C@@H]2CN(S(=O)(=O)c2ccccc2)C1. The molecule has 0 unspecified atom stereocenters. The van der Waals surface area contributed by atoms with Crippen LogP contribution in [0.4, 0.5) is 0 Å². The van der Waals surface area contributed by atoms with Crippen molar-refractivity contribution in [1.29, 1.82) is 0 Å². The molecular formula is C25H22N2O3S2. The first kappa shape index (κ1) is 19.9. The smallest absolute Gasteiger partial charge is 0.250 e. The number of hydrogen-bond donors (Lipinski definition) is 0. The van der Waals surface area contributed by atoms with Crippen LogP contribution in [0.25, 0.3) is 20.5 Å². The Morgan fingerprint density at radius 1 is 0.875 bits per heavy atom. The van der Waals surface area contributed by atoms with Crippen molar-refractivity contribution in [3.05, 3.63) is 88.8 Å². The lowest BCUT2D eigenvalue weighted by Gasteiger charge is -2.42. The van der Waals surface area contributed by atoms with Gasteiger partial charge >= 0.3 is 0 Å². The van der Waals surface area contributed by atoms with Gasteiger partial charge in [0.2, 0.25) is 10.0 Å². The van der Waals surface area contributed by atoms with E-state index in [4.69, 9.17) is 0 Å². The van der Waals surface area contributed by atoms with Crippen molar-refractivity contribution in [1.82, 2.24) is 8.87 Å². The first-order chi connectivity index (χ1) is 15.5. The predicted molar refractivity (Wildman–Crippen MR) is 128 cm³/mol. The van der Waals surface area contributed by atoms with Crippen molar-refractivity contribution in [2.24, 2.45) is 5.92 Å². The second-order valence-electron chi connectivity index (χ2n) is 8.66. The summed E-state index contributed by atoms with van der Waals surface area (Å²) in [6, 6.07) is 22.7. The molecule has 2 bridgehead atoms. The minimum Gasteiger partial charge on any atom is -0.311 e. The highest BCUT2D eigenvalue weighted by atomic mass is 32.2. The highest BCUT2D eigenvalue weighted by Crippen LogP contribution is 2.43. The molecule has 0 aliphatic carbocycles. The minimum absolute atomic E-state index is 0.000993. The summed E-state index contributed by atoms with van der Waals surface area (Å²) in [7, 11) is -3.57. The molecule has 2 aromatic heterocycles. The van der Waals surface area contributed by atoms with E-state index in [1.54, 1.807) is 46.0 Å². The van der Waals surface area contributed by atoms with Crippen molar-refractivity contribution in [3.63, 3.8) is 0 Å². The average Bonchev–Trinajstić information content (AvgIpc) is 3.24. The molecule has 2 aliphatic heterocycles. The van der Waals surface area contributed by atoms with Gasteiger partial charge in [0.25, 0.3) is 5.56 Å². The van der Waals surface area contributed by atoms with Crippen LogP contribution in [0, 0.1) is 5.92 Å². The number of fused-ring (bicyclic) bond motifs is 5. The van der Waals surface area contributed by atoms with Crippen LogP contribution >= 0.6 is 11.3 Å². The molecule has 6 rings (SSSR count). The minimum atomic E-state index is -3.57. The van der Waals surface area contributed by atoms with E-state index in [9.17, 15) is 13.2 Å². The van der Waals surface area contributed by atoms with Gasteiger partial charge in [-0.05, 0) is 48.1 Å². The van der Waals surface area contributed by atoms with E-state index >= 15 is 0 Å². The maximum atomic E-state index is 13.3. The lowest BCUT2D eigenvalue weighted by atomic mass is 9.82. The maximum Gasteiger partial charge on any atom is 0.250 e. The predicted octanol–water partition coefficient (Wildman–Crippen LogP) is 4.54. The number of pyridine rings is 1. The zero-order valence-corrected chi connectivity index (χ0v) is 19.0. The fourth-order valence-corrected chi connectivity index (χ4v) is 7.91. The zero-order chi connectivity index (χ0) is 21.9. The van der Waals surface area contributed by atoms with Crippen molar-refractivity contribution in [2.75, 3.05) is 13.1 Å². The van der Waals surface area contributed by atoms with Crippen molar-refractivity contribution in [2.45, 2.75) is 23.8 Å².